The van der Waals surface area contributed by atoms with Crippen molar-refractivity contribution in [3.63, 3.8) is 0 Å². The summed E-state index contributed by atoms with van der Waals surface area (Å²) in [6.07, 6.45) is 3.73. The molecule has 2 nitrogen and oxygen atoms in total. The van der Waals surface area contributed by atoms with Crippen LogP contribution < -0.4 is 0 Å². The van der Waals surface area contributed by atoms with Crippen molar-refractivity contribution in [3.05, 3.63) is 53.6 Å². The van der Waals surface area contributed by atoms with Gasteiger partial charge in [0.25, 0.3) is 0 Å². The van der Waals surface area contributed by atoms with Gasteiger partial charge in [-0.25, -0.2) is 4.85 Å². The summed E-state index contributed by atoms with van der Waals surface area (Å²) < 4.78 is 5.13. The molecule has 1 atom stereocenters. The fourth-order valence-electron chi connectivity index (χ4n) is 1.40. The lowest BCUT2D eigenvalue weighted by Gasteiger charge is -2.06. The van der Waals surface area contributed by atoms with E-state index >= 15 is 0 Å². The summed E-state index contributed by atoms with van der Waals surface area (Å²) >= 11 is 0. The summed E-state index contributed by atoms with van der Waals surface area (Å²) in [5, 5.41) is 0. The third-order valence-corrected chi connectivity index (χ3v) is 2.11. The van der Waals surface area contributed by atoms with Crippen LogP contribution >= 0.6 is 0 Å². The van der Waals surface area contributed by atoms with E-state index in [1.54, 1.807) is 6.26 Å². The monoisotopic (exact) mass is 171 g/mol. The van der Waals surface area contributed by atoms with Gasteiger partial charge in [-0.1, -0.05) is 24.3 Å². The van der Waals surface area contributed by atoms with Crippen LogP contribution in [0.1, 0.15) is 11.5 Å². The van der Waals surface area contributed by atoms with E-state index in [1.807, 2.05) is 30.3 Å². The number of hydrogen-bond donors (Lipinski definition) is 0. The lowest BCUT2D eigenvalue weighted by Crippen LogP contribution is -1.96. The molecule has 0 aliphatic carbocycles. The van der Waals surface area contributed by atoms with Crippen LogP contribution in [0.15, 0.2) is 36.6 Å². The molecule has 1 aromatic rings. The highest BCUT2D eigenvalue weighted by Gasteiger charge is 2.12. The summed E-state index contributed by atoms with van der Waals surface area (Å²) in [5.41, 5.74) is 1.85. The normalized spacial score (nSPS) is 19.5. The molecule has 0 aromatic heterocycles. The van der Waals surface area contributed by atoms with E-state index in [2.05, 4.69) is 4.85 Å². The predicted octanol–water partition coefficient (Wildman–Crippen LogP) is 2.86. The molecule has 0 saturated heterocycles. The van der Waals surface area contributed by atoms with Crippen LogP contribution in [0.3, 0.4) is 0 Å². The smallest absolute Gasteiger partial charge is 0.187 e. The average molecular weight is 171 g/mol. The molecule has 64 valence electrons. The molecule has 0 bridgehead atoms. The molecule has 13 heavy (non-hydrogen) atoms. The highest BCUT2D eigenvalue weighted by Crippen LogP contribution is 2.25. The van der Waals surface area contributed by atoms with E-state index in [0.717, 1.165) is 5.56 Å². The maximum Gasteiger partial charge on any atom is 0.187 e. The molecule has 2 rings (SSSR count). The van der Waals surface area contributed by atoms with Crippen molar-refractivity contribution >= 4 is 5.69 Å². The van der Waals surface area contributed by atoms with Gasteiger partial charge in [0.2, 0.25) is 0 Å². The van der Waals surface area contributed by atoms with E-state index in [4.69, 9.17) is 11.3 Å². The van der Waals surface area contributed by atoms with Gasteiger partial charge < -0.3 is 4.74 Å². The number of benzene rings is 1. The molecule has 1 aliphatic heterocycles. The Balaban J connectivity index is 2.30. The lowest BCUT2D eigenvalue weighted by molar-refractivity contribution is 0.269. The number of rotatable bonds is 1. The Morgan fingerprint density at radius 3 is 3.08 bits per heavy atom. The van der Waals surface area contributed by atoms with Crippen LogP contribution in [-0.4, -0.2) is 6.61 Å². The highest BCUT2D eigenvalue weighted by molar-refractivity contribution is 5.48. The van der Waals surface area contributed by atoms with E-state index in [0.29, 0.717) is 18.2 Å². The first kappa shape index (κ1) is 7.88. The largest absolute Gasteiger partial charge is 0.501 e. The van der Waals surface area contributed by atoms with E-state index in [1.165, 1.54) is 0 Å². The number of ether oxygens (including phenoxy) is 1. The molecule has 0 N–H and O–H groups in total. The Morgan fingerprint density at radius 2 is 2.38 bits per heavy atom. The second-order valence-electron chi connectivity index (χ2n) is 2.98. The summed E-state index contributed by atoms with van der Waals surface area (Å²) in [4.78, 5) is 3.39. The molecule has 2 heteroatoms. The molecule has 0 radical (unpaired) electrons. The summed E-state index contributed by atoms with van der Waals surface area (Å²) in [6, 6.07) is 7.67. The van der Waals surface area contributed by atoms with Gasteiger partial charge >= 0.3 is 0 Å². The maximum atomic E-state index is 6.89. The van der Waals surface area contributed by atoms with Gasteiger partial charge in [-0.3, -0.25) is 0 Å². The molecule has 1 aliphatic rings. The molecular weight excluding hydrogens is 162 g/mol. The van der Waals surface area contributed by atoms with Crippen molar-refractivity contribution in [2.24, 2.45) is 0 Å². The van der Waals surface area contributed by atoms with Crippen molar-refractivity contribution < 1.29 is 4.74 Å². The van der Waals surface area contributed by atoms with Crippen LogP contribution in [-0.2, 0) is 4.74 Å². The molecule has 1 heterocycles. The first-order valence-electron chi connectivity index (χ1n) is 4.16. The summed E-state index contributed by atoms with van der Waals surface area (Å²) in [6.45, 7) is 7.58. The van der Waals surface area contributed by atoms with Crippen molar-refractivity contribution in [2.75, 3.05) is 6.61 Å². The third kappa shape index (κ3) is 1.54. The number of nitrogens with zero attached hydrogens (tertiary/aromatic N) is 1. The van der Waals surface area contributed by atoms with Crippen LogP contribution in [0.2, 0.25) is 0 Å². The quantitative estimate of drug-likeness (QED) is 0.592. The fraction of sp³-hybridized carbons (Fsp3) is 0.182. The topological polar surface area (TPSA) is 13.6 Å². The van der Waals surface area contributed by atoms with Gasteiger partial charge in [0.05, 0.1) is 19.4 Å². The molecule has 0 saturated carbocycles. The van der Waals surface area contributed by atoms with Crippen molar-refractivity contribution in [2.45, 2.75) is 5.92 Å². The van der Waals surface area contributed by atoms with Gasteiger partial charge in [-0.05, 0) is 11.6 Å². The van der Waals surface area contributed by atoms with Gasteiger partial charge in [0.1, 0.15) is 0 Å². The molecule has 1 aromatic carbocycles. The average Bonchev–Trinajstić information content (AvgIpc) is 2.71. The molecule has 0 spiro atoms. The zero-order chi connectivity index (χ0) is 9.10. The number of hydrogen-bond acceptors (Lipinski definition) is 1. The molecule has 1 unspecified atom stereocenters. The van der Waals surface area contributed by atoms with Crippen molar-refractivity contribution in [1.82, 2.24) is 0 Å². The fourth-order valence-corrected chi connectivity index (χ4v) is 1.40. The Hall–Kier alpha value is -1.75. The second-order valence-corrected chi connectivity index (χ2v) is 2.98. The van der Waals surface area contributed by atoms with E-state index in [9.17, 15) is 0 Å². The minimum absolute atomic E-state index is 0.321. The van der Waals surface area contributed by atoms with Gasteiger partial charge in [-0.15, -0.1) is 0 Å². The minimum atomic E-state index is 0.321. The highest BCUT2D eigenvalue weighted by atomic mass is 16.5. The minimum Gasteiger partial charge on any atom is -0.501 e. The SMILES string of the molecule is [C-]#[N+]c1cccc(C2C=COC2)c1. The summed E-state index contributed by atoms with van der Waals surface area (Å²) in [5.74, 6) is 0.321. The van der Waals surface area contributed by atoms with Crippen LogP contribution in [0.4, 0.5) is 5.69 Å². The first-order valence-corrected chi connectivity index (χ1v) is 4.16. The van der Waals surface area contributed by atoms with Crippen LogP contribution in [0.5, 0.6) is 0 Å². The Bertz CT molecular complexity index is 376. The first-order chi connectivity index (χ1) is 6.40. The molecule has 0 fully saturated rings. The van der Waals surface area contributed by atoms with Crippen LogP contribution in [0.25, 0.3) is 4.85 Å². The third-order valence-electron chi connectivity index (χ3n) is 2.11. The zero-order valence-electron chi connectivity index (χ0n) is 7.10. The van der Waals surface area contributed by atoms with E-state index < -0.39 is 0 Å². The van der Waals surface area contributed by atoms with Gasteiger partial charge in [-0.2, -0.15) is 0 Å². The zero-order valence-corrected chi connectivity index (χ0v) is 7.10. The van der Waals surface area contributed by atoms with Crippen molar-refractivity contribution in [1.29, 1.82) is 0 Å². The Labute approximate surface area is 77.3 Å². The van der Waals surface area contributed by atoms with Crippen LogP contribution in [0, 0.1) is 6.57 Å². The lowest BCUT2D eigenvalue weighted by atomic mass is 10.0. The Morgan fingerprint density at radius 1 is 1.46 bits per heavy atom. The predicted molar refractivity (Wildman–Crippen MR) is 50.5 cm³/mol. The van der Waals surface area contributed by atoms with Crippen molar-refractivity contribution in [3.8, 4) is 0 Å². The van der Waals surface area contributed by atoms with Gasteiger partial charge in [0.15, 0.2) is 5.69 Å². The van der Waals surface area contributed by atoms with Gasteiger partial charge in [0, 0.05) is 5.92 Å². The maximum absolute atomic E-state index is 6.89. The van der Waals surface area contributed by atoms with E-state index in [-0.39, 0.29) is 0 Å². The molecular formula is C11H9NO. The summed E-state index contributed by atoms with van der Waals surface area (Å²) in [7, 11) is 0. The Kier molecular flexibility index (Phi) is 2.01. The standard InChI is InChI=1S/C11H9NO/c1-12-11-4-2-3-9(7-11)10-5-6-13-8-10/h2-7,10H,8H2. The second kappa shape index (κ2) is 3.32. The molecule has 0 amide bonds.